The van der Waals surface area contributed by atoms with E-state index in [0.717, 1.165) is 5.56 Å². The first-order valence-corrected chi connectivity index (χ1v) is 7.00. The summed E-state index contributed by atoms with van der Waals surface area (Å²) in [4.78, 5) is 25.6. The van der Waals surface area contributed by atoms with Crippen LogP contribution in [0.3, 0.4) is 0 Å². The average molecular weight is 292 g/mol. The number of amides is 2. The molecule has 0 aliphatic rings. The lowest BCUT2D eigenvalue weighted by atomic mass is 10.1. The lowest BCUT2D eigenvalue weighted by Gasteiger charge is -2.26. The van der Waals surface area contributed by atoms with Crippen molar-refractivity contribution in [2.45, 2.75) is 26.8 Å². The monoisotopic (exact) mass is 292 g/mol. The van der Waals surface area contributed by atoms with Crippen molar-refractivity contribution in [3.8, 4) is 0 Å². The van der Waals surface area contributed by atoms with Gasteiger partial charge in [0.15, 0.2) is 0 Å². The van der Waals surface area contributed by atoms with E-state index < -0.39 is 6.04 Å². The van der Waals surface area contributed by atoms with Gasteiger partial charge in [-0.2, -0.15) is 0 Å². The molecule has 1 rings (SSSR count). The van der Waals surface area contributed by atoms with Crippen molar-refractivity contribution >= 4 is 23.2 Å². The summed E-state index contributed by atoms with van der Waals surface area (Å²) >= 11 is 0. The Morgan fingerprint density at radius 1 is 1.38 bits per heavy atom. The van der Waals surface area contributed by atoms with E-state index in [4.69, 9.17) is 5.73 Å². The van der Waals surface area contributed by atoms with Crippen LogP contribution < -0.4 is 16.4 Å². The molecular weight excluding hydrogens is 268 g/mol. The van der Waals surface area contributed by atoms with Gasteiger partial charge in [-0.15, -0.1) is 0 Å². The number of nitrogens with zero attached hydrogens (tertiary/aromatic N) is 1. The fourth-order valence-corrected chi connectivity index (χ4v) is 1.96. The zero-order valence-electron chi connectivity index (χ0n) is 13.1. The Kier molecular flexibility index (Phi) is 6.17. The molecule has 4 N–H and O–H groups in total. The van der Waals surface area contributed by atoms with Crippen molar-refractivity contribution in [1.82, 2.24) is 10.2 Å². The number of hydrogen-bond donors (Lipinski definition) is 3. The molecule has 0 aromatic heterocycles. The summed E-state index contributed by atoms with van der Waals surface area (Å²) in [5, 5.41) is 5.43. The molecule has 0 aliphatic carbocycles. The predicted molar refractivity (Wildman–Crippen MR) is 85.0 cm³/mol. The number of aryl methyl sites for hydroxylation is 1. The summed E-state index contributed by atoms with van der Waals surface area (Å²) < 4.78 is 0. The van der Waals surface area contributed by atoms with Crippen LogP contribution in [0, 0.1) is 6.92 Å². The second-order valence-corrected chi connectivity index (χ2v) is 4.98. The zero-order chi connectivity index (χ0) is 16.0. The maximum Gasteiger partial charge on any atom is 0.241 e. The van der Waals surface area contributed by atoms with E-state index in [9.17, 15) is 9.59 Å². The molecule has 0 heterocycles. The van der Waals surface area contributed by atoms with E-state index in [-0.39, 0.29) is 18.4 Å². The van der Waals surface area contributed by atoms with Crippen LogP contribution in [0.1, 0.15) is 19.4 Å². The molecule has 0 aliphatic heterocycles. The molecule has 0 radical (unpaired) electrons. The van der Waals surface area contributed by atoms with Crippen LogP contribution in [0.2, 0.25) is 0 Å². The molecule has 0 saturated carbocycles. The Balaban J connectivity index is 2.77. The van der Waals surface area contributed by atoms with Gasteiger partial charge in [-0.3, -0.25) is 14.5 Å². The first-order chi connectivity index (χ1) is 9.88. The largest absolute Gasteiger partial charge is 0.399 e. The van der Waals surface area contributed by atoms with Crippen LogP contribution in [-0.2, 0) is 9.59 Å². The number of nitrogens with one attached hydrogen (secondary N) is 2. The Bertz CT molecular complexity index is 516. The summed E-state index contributed by atoms with van der Waals surface area (Å²) in [5.41, 5.74) is 7.97. The van der Waals surface area contributed by atoms with Crippen molar-refractivity contribution in [2.75, 3.05) is 31.2 Å². The second-order valence-electron chi connectivity index (χ2n) is 4.98. The minimum Gasteiger partial charge on any atom is -0.399 e. The van der Waals surface area contributed by atoms with Gasteiger partial charge < -0.3 is 16.4 Å². The SMILES string of the molecule is CCN(CC(=O)NC)C(C)C(=O)Nc1cc(N)ccc1C. The Labute approximate surface area is 125 Å². The highest BCUT2D eigenvalue weighted by Crippen LogP contribution is 2.18. The topological polar surface area (TPSA) is 87.5 Å². The van der Waals surface area contributed by atoms with Crippen molar-refractivity contribution in [2.24, 2.45) is 0 Å². The number of nitrogen functional groups attached to an aromatic ring is 1. The minimum absolute atomic E-state index is 0.114. The summed E-state index contributed by atoms with van der Waals surface area (Å²) in [6, 6.07) is 4.97. The minimum atomic E-state index is -0.409. The molecule has 1 aromatic carbocycles. The van der Waals surface area contributed by atoms with E-state index in [1.807, 2.05) is 19.9 Å². The van der Waals surface area contributed by atoms with Gasteiger partial charge in [-0.05, 0) is 38.1 Å². The maximum atomic E-state index is 12.3. The first-order valence-electron chi connectivity index (χ1n) is 7.00. The zero-order valence-corrected chi connectivity index (χ0v) is 13.1. The van der Waals surface area contributed by atoms with Crippen LogP contribution in [-0.4, -0.2) is 42.9 Å². The molecule has 6 nitrogen and oxygen atoms in total. The predicted octanol–water partition coefficient (Wildman–Crippen LogP) is 0.972. The Morgan fingerprint density at radius 2 is 2.05 bits per heavy atom. The molecule has 1 aromatic rings. The number of carbonyl (C=O) groups is 2. The molecule has 0 bridgehead atoms. The van der Waals surface area contributed by atoms with Gasteiger partial charge in [-0.25, -0.2) is 0 Å². The van der Waals surface area contributed by atoms with Crippen LogP contribution >= 0.6 is 0 Å². The number of likely N-dealkylation sites (N-methyl/N-ethyl adjacent to an activating group) is 2. The molecule has 1 atom stereocenters. The number of anilines is 2. The number of hydrogen-bond acceptors (Lipinski definition) is 4. The van der Waals surface area contributed by atoms with Crippen LogP contribution in [0.4, 0.5) is 11.4 Å². The molecule has 0 saturated heterocycles. The average Bonchev–Trinajstić information content (AvgIpc) is 2.47. The fourth-order valence-electron chi connectivity index (χ4n) is 1.96. The van der Waals surface area contributed by atoms with Gasteiger partial charge in [0.25, 0.3) is 0 Å². The quantitative estimate of drug-likeness (QED) is 0.682. The van der Waals surface area contributed by atoms with Gasteiger partial charge in [0.1, 0.15) is 0 Å². The summed E-state index contributed by atoms with van der Waals surface area (Å²) in [7, 11) is 1.58. The first kappa shape index (κ1) is 17.0. The van der Waals surface area contributed by atoms with Crippen molar-refractivity contribution in [3.05, 3.63) is 23.8 Å². The van der Waals surface area contributed by atoms with E-state index in [1.165, 1.54) is 0 Å². The number of carbonyl (C=O) groups excluding carboxylic acids is 2. The van der Waals surface area contributed by atoms with Gasteiger partial charge in [-0.1, -0.05) is 13.0 Å². The fraction of sp³-hybridized carbons (Fsp3) is 0.467. The molecule has 2 amide bonds. The molecule has 0 spiro atoms. The van der Waals surface area contributed by atoms with Crippen LogP contribution in [0.25, 0.3) is 0 Å². The lowest BCUT2D eigenvalue weighted by Crippen LogP contribution is -2.46. The standard InChI is InChI=1S/C15H24N4O2/c1-5-19(9-14(20)17-4)11(3)15(21)18-13-8-12(16)7-6-10(13)2/h6-8,11H,5,9,16H2,1-4H3,(H,17,20)(H,18,21). The summed E-state index contributed by atoms with van der Waals surface area (Å²) in [6.07, 6.45) is 0. The van der Waals surface area contributed by atoms with Gasteiger partial charge in [0, 0.05) is 18.4 Å². The number of nitrogens with two attached hydrogens (primary N) is 1. The summed E-state index contributed by atoms with van der Waals surface area (Å²) in [5.74, 6) is -0.272. The third-order valence-electron chi connectivity index (χ3n) is 3.48. The summed E-state index contributed by atoms with van der Waals surface area (Å²) in [6.45, 7) is 6.40. The molecule has 21 heavy (non-hydrogen) atoms. The molecule has 1 unspecified atom stereocenters. The third-order valence-corrected chi connectivity index (χ3v) is 3.48. The van der Waals surface area contributed by atoms with E-state index in [1.54, 1.807) is 31.0 Å². The molecule has 6 heteroatoms. The van der Waals surface area contributed by atoms with Gasteiger partial charge in [0.2, 0.25) is 11.8 Å². The van der Waals surface area contributed by atoms with E-state index >= 15 is 0 Å². The Hall–Kier alpha value is -2.08. The van der Waals surface area contributed by atoms with Gasteiger partial charge in [0.05, 0.1) is 12.6 Å². The highest BCUT2D eigenvalue weighted by atomic mass is 16.2. The van der Waals surface area contributed by atoms with Crippen molar-refractivity contribution in [3.63, 3.8) is 0 Å². The Morgan fingerprint density at radius 3 is 2.62 bits per heavy atom. The highest BCUT2D eigenvalue weighted by molar-refractivity contribution is 5.96. The second kappa shape index (κ2) is 7.64. The third kappa shape index (κ3) is 4.75. The van der Waals surface area contributed by atoms with Gasteiger partial charge >= 0.3 is 0 Å². The molecular formula is C15H24N4O2. The van der Waals surface area contributed by atoms with Crippen LogP contribution in [0.15, 0.2) is 18.2 Å². The number of benzene rings is 1. The van der Waals surface area contributed by atoms with E-state index in [2.05, 4.69) is 10.6 Å². The van der Waals surface area contributed by atoms with Crippen LogP contribution in [0.5, 0.6) is 0 Å². The highest BCUT2D eigenvalue weighted by Gasteiger charge is 2.22. The van der Waals surface area contributed by atoms with Crippen molar-refractivity contribution in [1.29, 1.82) is 0 Å². The van der Waals surface area contributed by atoms with E-state index in [0.29, 0.717) is 17.9 Å². The maximum absolute atomic E-state index is 12.3. The normalized spacial score (nSPS) is 12.0. The lowest BCUT2D eigenvalue weighted by molar-refractivity contribution is -0.125. The molecule has 0 fully saturated rings. The number of rotatable bonds is 6. The molecule has 116 valence electrons. The smallest absolute Gasteiger partial charge is 0.241 e. The van der Waals surface area contributed by atoms with Crippen molar-refractivity contribution < 1.29 is 9.59 Å².